The molecule has 0 spiro atoms. The topological polar surface area (TPSA) is 48.9 Å². The Balaban J connectivity index is 1.85. The van der Waals surface area contributed by atoms with Crippen molar-refractivity contribution in [2.24, 2.45) is 4.99 Å². The zero-order valence-corrected chi connectivity index (χ0v) is 15.9. The lowest BCUT2D eigenvalue weighted by Gasteiger charge is -2.35. The summed E-state index contributed by atoms with van der Waals surface area (Å²) in [6.07, 6.45) is 2.28. The Morgan fingerprint density at radius 3 is 2.67 bits per heavy atom. The molecule has 0 unspecified atom stereocenters. The van der Waals surface area contributed by atoms with Crippen molar-refractivity contribution in [3.63, 3.8) is 0 Å². The van der Waals surface area contributed by atoms with Gasteiger partial charge < -0.3 is 20.3 Å². The average Bonchev–Trinajstić information content (AvgIpc) is 2.59. The summed E-state index contributed by atoms with van der Waals surface area (Å²) >= 11 is 6.01. The van der Waals surface area contributed by atoms with Gasteiger partial charge in [-0.2, -0.15) is 0 Å². The van der Waals surface area contributed by atoms with E-state index < -0.39 is 0 Å². The number of ether oxygens (including phenoxy) is 1. The molecule has 0 aliphatic carbocycles. The fourth-order valence-electron chi connectivity index (χ4n) is 2.99. The molecule has 0 amide bonds. The second-order valence-corrected chi connectivity index (χ2v) is 6.87. The van der Waals surface area contributed by atoms with Gasteiger partial charge in [-0.25, -0.2) is 0 Å². The quantitative estimate of drug-likeness (QED) is 0.632. The first kappa shape index (κ1) is 18.9. The lowest BCUT2D eigenvalue weighted by atomic mass is 10.0. The molecule has 1 heterocycles. The van der Waals surface area contributed by atoms with E-state index in [1.165, 1.54) is 0 Å². The first-order valence-electron chi connectivity index (χ1n) is 8.57. The molecule has 1 aromatic rings. The number of piperidine rings is 1. The maximum absolute atomic E-state index is 6.01. The number of guanidine groups is 1. The number of rotatable bonds is 5. The van der Waals surface area contributed by atoms with Crippen LogP contribution < -0.4 is 15.4 Å². The molecule has 24 heavy (non-hydrogen) atoms. The number of benzene rings is 1. The highest BCUT2D eigenvalue weighted by molar-refractivity contribution is 6.30. The normalized spacial score (nSPS) is 17.2. The van der Waals surface area contributed by atoms with Crippen LogP contribution in [0.2, 0.25) is 5.02 Å². The van der Waals surface area contributed by atoms with Crippen LogP contribution in [-0.4, -0.2) is 50.2 Å². The van der Waals surface area contributed by atoms with Crippen LogP contribution >= 0.6 is 11.6 Å². The molecule has 0 saturated carbocycles. The van der Waals surface area contributed by atoms with E-state index in [1.807, 2.05) is 18.2 Å². The molecule has 0 bridgehead atoms. The molecule has 134 valence electrons. The highest BCUT2D eigenvalue weighted by atomic mass is 35.5. The molecule has 2 rings (SSSR count). The van der Waals surface area contributed by atoms with Crippen molar-refractivity contribution < 1.29 is 4.74 Å². The van der Waals surface area contributed by atoms with Gasteiger partial charge in [0.05, 0.1) is 7.11 Å². The Labute approximate surface area is 150 Å². The molecule has 1 aliphatic rings. The van der Waals surface area contributed by atoms with Crippen LogP contribution in [0, 0.1) is 0 Å². The second kappa shape index (κ2) is 9.14. The van der Waals surface area contributed by atoms with Crippen LogP contribution in [0.4, 0.5) is 0 Å². The van der Waals surface area contributed by atoms with Gasteiger partial charge in [0, 0.05) is 49.4 Å². The van der Waals surface area contributed by atoms with Gasteiger partial charge in [0.1, 0.15) is 5.75 Å². The summed E-state index contributed by atoms with van der Waals surface area (Å²) in [5.74, 6) is 1.62. The third kappa shape index (κ3) is 5.28. The van der Waals surface area contributed by atoms with E-state index in [-0.39, 0.29) is 0 Å². The summed E-state index contributed by atoms with van der Waals surface area (Å²) in [6, 6.07) is 6.77. The lowest BCUT2D eigenvalue weighted by Crippen LogP contribution is -2.49. The Hall–Kier alpha value is -1.46. The van der Waals surface area contributed by atoms with E-state index in [1.54, 1.807) is 14.2 Å². The van der Waals surface area contributed by atoms with Crippen LogP contribution in [0.15, 0.2) is 23.2 Å². The van der Waals surface area contributed by atoms with Gasteiger partial charge in [0.25, 0.3) is 0 Å². The zero-order chi connectivity index (χ0) is 17.5. The molecule has 6 heteroatoms. The van der Waals surface area contributed by atoms with Gasteiger partial charge in [-0.15, -0.1) is 0 Å². The van der Waals surface area contributed by atoms with E-state index in [2.05, 4.69) is 34.4 Å². The predicted molar refractivity (Wildman–Crippen MR) is 101 cm³/mol. The third-order valence-corrected chi connectivity index (χ3v) is 4.75. The number of aliphatic imine (C=N–C) groups is 1. The average molecular weight is 353 g/mol. The molecular weight excluding hydrogens is 324 g/mol. The molecule has 1 aromatic carbocycles. The Bertz CT molecular complexity index is 554. The minimum absolute atomic E-state index is 0.471. The van der Waals surface area contributed by atoms with Crippen molar-refractivity contribution in [2.75, 3.05) is 27.2 Å². The molecule has 0 aromatic heterocycles. The third-order valence-electron chi connectivity index (χ3n) is 4.52. The van der Waals surface area contributed by atoms with Crippen LogP contribution in [0.5, 0.6) is 5.75 Å². The minimum Gasteiger partial charge on any atom is -0.496 e. The van der Waals surface area contributed by atoms with Crippen molar-refractivity contribution >= 4 is 17.6 Å². The monoisotopic (exact) mass is 352 g/mol. The van der Waals surface area contributed by atoms with Gasteiger partial charge in [-0.3, -0.25) is 4.99 Å². The van der Waals surface area contributed by atoms with Crippen LogP contribution in [0.1, 0.15) is 32.3 Å². The standard InChI is InChI=1S/C18H29ClN4O/c1-13(2)23-9-7-16(8-10-23)22-18(20-3)21-12-14-5-6-15(19)11-17(14)24-4/h5-6,11,13,16H,7-10,12H2,1-4H3,(H2,20,21,22). The Morgan fingerprint density at radius 1 is 1.38 bits per heavy atom. The van der Waals surface area contributed by atoms with E-state index in [4.69, 9.17) is 16.3 Å². The molecule has 1 saturated heterocycles. The molecular formula is C18H29ClN4O. The van der Waals surface area contributed by atoms with Crippen molar-refractivity contribution in [1.82, 2.24) is 15.5 Å². The van der Waals surface area contributed by atoms with Gasteiger partial charge in [-0.05, 0) is 38.8 Å². The minimum atomic E-state index is 0.471. The number of hydrogen-bond acceptors (Lipinski definition) is 3. The van der Waals surface area contributed by atoms with Gasteiger partial charge in [-0.1, -0.05) is 17.7 Å². The van der Waals surface area contributed by atoms with Gasteiger partial charge in [0.2, 0.25) is 0 Å². The summed E-state index contributed by atoms with van der Waals surface area (Å²) in [5, 5.41) is 7.57. The molecule has 1 aliphatic heterocycles. The first-order chi connectivity index (χ1) is 11.5. The summed E-state index contributed by atoms with van der Waals surface area (Å²) in [5.41, 5.74) is 1.06. The first-order valence-corrected chi connectivity index (χ1v) is 8.95. The van der Waals surface area contributed by atoms with Crippen molar-refractivity contribution in [2.45, 2.75) is 45.3 Å². The number of hydrogen-bond donors (Lipinski definition) is 2. The number of likely N-dealkylation sites (tertiary alicyclic amines) is 1. The number of nitrogens with one attached hydrogen (secondary N) is 2. The molecule has 1 fully saturated rings. The highest BCUT2D eigenvalue weighted by Gasteiger charge is 2.21. The van der Waals surface area contributed by atoms with Crippen LogP contribution in [0.25, 0.3) is 0 Å². The van der Waals surface area contributed by atoms with Crippen molar-refractivity contribution in [1.29, 1.82) is 0 Å². The highest BCUT2D eigenvalue weighted by Crippen LogP contribution is 2.22. The summed E-state index contributed by atoms with van der Waals surface area (Å²) < 4.78 is 5.39. The maximum atomic E-state index is 6.01. The largest absolute Gasteiger partial charge is 0.496 e. The van der Waals surface area contributed by atoms with E-state index in [0.717, 1.165) is 43.2 Å². The summed E-state index contributed by atoms with van der Waals surface area (Å²) in [4.78, 5) is 6.86. The Kier molecular flexibility index (Phi) is 7.18. The fraction of sp³-hybridized carbons (Fsp3) is 0.611. The summed E-state index contributed by atoms with van der Waals surface area (Å²) in [7, 11) is 3.46. The zero-order valence-electron chi connectivity index (χ0n) is 15.1. The molecule has 0 atom stereocenters. The fourth-order valence-corrected chi connectivity index (χ4v) is 3.15. The van der Waals surface area contributed by atoms with E-state index in [9.17, 15) is 0 Å². The van der Waals surface area contributed by atoms with Crippen LogP contribution in [0.3, 0.4) is 0 Å². The Morgan fingerprint density at radius 2 is 2.08 bits per heavy atom. The van der Waals surface area contributed by atoms with Crippen molar-refractivity contribution in [3.05, 3.63) is 28.8 Å². The van der Waals surface area contributed by atoms with E-state index in [0.29, 0.717) is 23.7 Å². The maximum Gasteiger partial charge on any atom is 0.191 e. The van der Waals surface area contributed by atoms with E-state index >= 15 is 0 Å². The van der Waals surface area contributed by atoms with Gasteiger partial charge in [0.15, 0.2) is 5.96 Å². The second-order valence-electron chi connectivity index (χ2n) is 6.43. The molecule has 5 nitrogen and oxygen atoms in total. The lowest BCUT2D eigenvalue weighted by molar-refractivity contribution is 0.167. The smallest absolute Gasteiger partial charge is 0.191 e. The SMILES string of the molecule is CN=C(NCc1ccc(Cl)cc1OC)NC1CCN(C(C)C)CC1. The number of halogens is 1. The molecule has 2 N–H and O–H groups in total. The summed E-state index contributed by atoms with van der Waals surface area (Å²) in [6.45, 7) is 7.43. The van der Waals surface area contributed by atoms with Crippen molar-refractivity contribution in [3.8, 4) is 5.75 Å². The number of methoxy groups -OCH3 is 1. The van der Waals surface area contributed by atoms with Crippen LogP contribution in [-0.2, 0) is 6.54 Å². The predicted octanol–water partition coefficient (Wildman–Crippen LogP) is 2.89. The van der Waals surface area contributed by atoms with Gasteiger partial charge >= 0.3 is 0 Å². The number of nitrogens with zero attached hydrogens (tertiary/aromatic N) is 2. The molecule has 0 radical (unpaired) electrons.